The third-order valence-electron chi connectivity index (χ3n) is 6.24. The molecule has 5 rings (SSSR count). The number of amides is 2. The minimum atomic E-state index is -0.0210. The third-order valence-corrected chi connectivity index (χ3v) is 6.24. The number of para-hydroxylation sites is 2. The summed E-state index contributed by atoms with van der Waals surface area (Å²) < 4.78 is 5.80. The first-order chi connectivity index (χ1) is 14.6. The summed E-state index contributed by atoms with van der Waals surface area (Å²) >= 11 is 0. The lowest BCUT2D eigenvalue weighted by molar-refractivity contribution is -0.125. The summed E-state index contributed by atoms with van der Waals surface area (Å²) in [7, 11) is 1.84. The van der Waals surface area contributed by atoms with Gasteiger partial charge in [0.05, 0.1) is 0 Å². The Hall–Kier alpha value is -3.15. The average molecular weight is 403 g/mol. The Balaban J connectivity index is 1.25. The normalized spacial score (nSPS) is 21.0. The van der Waals surface area contributed by atoms with Gasteiger partial charge in [-0.1, -0.05) is 12.1 Å². The lowest BCUT2D eigenvalue weighted by atomic mass is 10.1. The van der Waals surface area contributed by atoms with Crippen LogP contribution >= 0.6 is 0 Å². The molecule has 154 valence electrons. The second-order valence-corrected chi connectivity index (χ2v) is 8.43. The molecule has 1 aromatic heterocycles. The van der Waals surface area contributed by atoms with Crippen molar-refractivity contribution >= 4 is 22.9 Å². The first-order valence-corrected chi connectivity index (χ1v) is 10.6. The topological polar surface area (TPSA) is 75.4 Å². The molecular weight excluding hydrogens is 378 g/mol. The number of carbonyl (C=O) groups excluding carboxylic acids is 2. The zero-order valence-electron chi connectivity index (χ0n) is 17.0. The molecule has 1 heterocycles. The van der Waals surface area contributed by atoms with Gasteiger partial charge in [-0.15, -0.1) is 0 Å². The van der Waals surface area contributed by atoms with Crippen molar-refractivity contribution in [3.63, 3.8) is 0 Å². The number of hydrogen-bond donors (Lipinski definition) is 1. The largest absolute Gasteiger partial charge is 0.436 e. The number of benzene rings is 2. The standard InChI is InChI=1S/C24H25N3O3/c1-27(19-13-10-17(14-19)22(28)25-18-11-12-18)24(29)16-8-6-15(7-9-16)23-26-20-4-2-3-5-21(20)30-23/h2-9,17-19H,10-14H2,1H3,(H,25,28)/t17-,19+/m0/s1. The third kappa shape index (κ3) is 3.70. The predicted octanol–water partition coefficient (Wildman–Crippen LogP) is 4.01. The molecule has 2 saturated carbocycles. The van der Waals surface area contributed by atoms with Crippen LogP contribution in [0.5, 0.6) is 0 Å². The van der Waals surface area contributed by atoms with E-state index in [1.165, 1.54) is 0 Å². The summed E-state index contributed by atoms with van der Waals surface area (Å²) in [5.41, 5.74) is 3.02. The molecule has 6 nitrogen and oxygen atoms in total. The van der Waals surface area contributed by atoms with Gasteiger partial charge in [-0.2, -0.15) is 0 Å². The van der Waals surface area contributed by atoms with Gasteiger partial charge in [0.1, 0.15) is 5.52 Å². The first kappa shape index (κ1) is 18.9. The van der Waals surface area contributed by atoms with E-state index < -0.39 is 0 Å². The number of carbonyl (C=O) groups is 2. The van der Waals surface area contributed by atoms with Gasteiger partial charge in [0.15, 0.2) is 5.58 Å². The van der Waals surface area contributed by atoms with Crippen LogP contribution in [0.3, 0.4) is 0 Å². The van der Waals surface area contributed by atoms with Crippen LogP contribution in [0.4, 0.5) is 0 Å². The van der Waals surface area contributed by atoms with Gasteiger partial charge in [0, 0.05) is 36.2 Å². The van der Waals surface area contributed by atoms with Crippen LogP contribution in [0.15, 0.2) is 52.9 Å². The van der Waals surface area contributed by atoms with Gasteiger partial charge in [-0.25, -0.2) is 4.98 Å². The summed E-state index contributed by atoms with van der Waals surface area (Å²) in [6.07, 6.45) is 4.64. The minimum absolute atomic E-state index is 0.0207. The number of nitrogens with one attached hydrogen (secondary N) is 1. The molecule has 2 fully saturated rings. The zero-order chi connectivity index (χ0) is 20.7. The lowest BCUT2D eigenvalue weighted by Crippen LogP contribution is -2.37. The Morgan fingerprint density at radius 1 is 1.03 bits per heavy atom. The van der Waals surface area contributed by atoms with Crippen LogP contribution < -0.4 is 5.32 Å². The molecule has 2 aliphatic carbocycles. The van der Waals surface area contributed by atoms with Gasteiger partial charge in [0.2, 0.25) is 11.8 Å². The fraction of sp³-hybridized carbons (Fsp3) is 0.375. The fourth-order valence-corrected chi connectivity index (χ4v) is 4.21. The van der Waals surface area contributed by atoms with Crippen LogP contribution in [0.25, 0.3) is 22.6 Å². The molecule has 0 spiro atoms. The van der Waals surface area contributed by atoms with E-state index >= 15 is 0 Å². The number of nitrogens with zero attached hydrogens (tertiary/aromatic N) is 2. The van der Waals surface area contributed by atoms with Crippen LogP contribution in [0.2, 0.25) is 0 Å². The van der Waals surface area contributed by atoms with Crippen LogP contribution in [-0.4, -0.2) is 40.8 Å². The van der Waals surface area contributed by atoms with Crippen LogP contribution in [-0.2, 0) is 4.79 Å². The number of oxazole rings is 1. The Morgan fingerprint density at radius 3 is 2.53 bits per heavy atom. The van der Waals surface area contributed by atoms with Crippen molar-refractivity contribution in [3.8, 4) is 11.5 Å². The number of fused-ring (bicyclic) bond motifs is 1. The smallest absolute Gasteiger partial charge is 0.253 e. The van der Waals surface area contributed by atoms with Gasteiger partial charge in [-0.05, 0) is 68.5 Å². The Morgan fingerprint density at radius 2 is 1.80 bits per heavy atom. The van der Waals surface area contributed by atoms with Gasteiger partial charge >= 0.3 is 0 Å². The van der Waals surface area contributed by atoms with Crippen molar-refractivity contribution in [2.75, 3.05) is 7.05 Å². The Bertz CT molecular complexity index is 1050. The molecule has 0 unspecified atom stereocenters. The summed E-state index contributed by atoms with van der Waals surface area (Å²) in [4.78, 5) is 31.6. The monoisotopic (exact) mass is 403 g/mol. The average Bonchev–Trinajstić information content (AvgIpc) is 3.28. The summed E-state index contributed by atoms with van der Waals surface area (Å²) in [6, 6.07) is 15.5. The molecule has 3 aromatic rings. The highest BCUT2D eigenvalue weighted by Gasteiger charge is 2.35. The molecule has 0 radical (unpaired) electrons. The summed E-state index contributed by atoms with van der Waals surface area (Å²) in [5.74, 6) is 0.701. The molecule has 2 atom stereocenters. The van der Waals surface area contributed by atoms with Crippen molar-refractivity contribution in [1.29, 1.82) is 0 Å². The molecule has 2 aromatic carbocycles. The molecule has 0 saturated heterocycles. The Labute approximate surface area is 175 Å². The molecule has 6 heteroatoms. The second kappa shape index (κ2) is 7.59. The van der Waals surface area contributed by atoms with Crippen LogP contribution in [0, 0.1) is 5.92 Å². The van der Waals surface area contributed by atoms with E-state index in [0.717, 1.165) is 48.8 Å². The maximum atomic E-state index is 13.0. The number of hydrogen-bond acceptors (Lipinski definition) is 4. The van der Waals surface area contributed by atoms with E-state index in [4.69, 9.17) is 4.42 Å². The van der Waals surface area contributed by atoms with Crippen molar-refractivity contribution < 1.29 is 14.0 Å². The Kier molecular flexibility index (Phi) is 4.77. The second-order valence-electron chi connectivity index (χ2n) is 8.43. The van der Waals surface area contributed by atoms with E-state index in [1.54, 1.807) is 4.90 Å². The predicted molar refractivity (Wildman–Crippen MR) is 114 cm³/mol. The van der Waals surface area contributed by atoms with Crippen molar-refractivity contribution in [1.82, 2.24) is 15.2 Å². The maximum absolute atomic E-state index is 13.0. The number of aromatic nitrogens is 1. The molecule has 2 aliphatic rings. The molecule has 1 N–H and O–H groups in total. The van der Waals surface area contributed by atoms with Crippen molar-refractivity contribution in [2.45, 2.75) is 44.2 Å². The maximum Gasteiger partial charge on any atom is 0.253 e. The van der Waals surface area contributed by atoms with Gasteiger partial charge < -0.3 is 14.6 Å². The summed E-state index contributed by atoms with van der Waals surface area (Å²) in [6.45, 7) is 0. The van der Waals surface area contributed by atoms with Crippen molar-refractivity contribution in [2.24, 2.45) is 5.92 Å². The molecule has 0 aliphatic heterocycles. The number of rotatable bonds is 5. The fourth-order valence-electron chi connectivity index (χ4n) is 4.21. The SMILES string of the molecule is CN(C(=O)c1ccc(-c2nc3ccccc3o2)cc1)[C@@H]1CC[C@H](C(=O)NC2CC2)C1. The molecule has 0 bridgehead atoms. The van der Waals surface area contributed by atoms with E-state index in [9.17, 15) is 9.59 Å². The highest BCUT2D eigenvalue weighted by Crippen LogP contribution is 2.31. The van der Waals surface area contributed by atoms with Gasteiger partial charge in [0.25, 0.3) is 5.91 Å². The summed E-state index contributed by atoms with van der Waals surface area (Å²) in [5, 5.41) is 3.09. The molecular formula is C24H25N3O3. The minimum Gasteiger partial charge on any atom is -0.436 e. The van der Waals surface area contributed by atoms with Gasteiger partial charge in [-0.3, -0.25) is 9.59 Å². The zero-order valence-corrected chi connectivity index (χ0v) is 17.0. The van der Waals surface area contributed by atoms with Crippen LogP contribution in [0.1, 0.15) is 42.5 Å². The lowest BCUT2D eigenvalue weighted by Gasteiger charge is -2.25. The molecule has 30 heavy (non-hydrogen) atoms. The van der Waals surface area contributed by atoms with E-state index in [0.29, 0.717) is 17.5 Å². The van der Waals surface area contributed by atoms with E-state index in [-0.39, 0.29) is 23.8 Å². The highest BCUT2D eigenvalue weighted by molar-refractivity contribution is 5.95. The van der Waals surface area contributed by atoms with E-state index in [1.807, 2.05) is 55.6 Å². The van der Waals surface area contributed by atoms with Crippen molar-refractivity contribution in [3.05, 3.63) is 54.1 Å². The quantitative estimate of drug-likeness (QED) is 0.698. The first-order valence-electron chi connectivity index (χ1n) is 10.6. The highest BCUT2D eigenvalue weighted by atomic mass is 16.3. The van der Waals surface area contributed by atoms with E-state index in [2.05, 4.69) is 10.3 Å². The molecule has 2 amide bonds.